The van der Waals surface area contributed by atoms with Crippen LogP contribution in [0.25, 0.3) is 0 Å². The van der Waals surface area contributed by atoms with E-state index in [2.05, 4.69) is 18.8 Å². The fourth-order valence-electron chi connectivity index (χ4n) is 2.80. The highest BCUT2D eigenvalue weighted by atomic mass is 14.8. The highest BCUT2D eigenvalue weighted by Gasteiger charge is 2.24. The van der Waals surface area contributed by atoms with Gasteiger partial charge in [0.25, 0.3) is 0 Å². The standard InChI is InChI=1S/C14H28N2/c1-3-16-11-7-8-12(2)14(15)13-9-5-4-6-10-13/h3,12-14,16H,1,4-11,15H2,2H3. The Morgan fingerprint density at radius 1 is 1.38 bits per heavy atom. The van der Waals surface area contributed by atoms with Crippen LogP contribution >= 0.6 is 0 Å². The molecule has 2 unspecified atom stereocenters. The predicted octanol–water partition coefficient (Wildman–Crippen LogP) is 3.04. The summed E-state index contributed by atoms with van der Waals surface area (Å²) in [5, 5.41) is 3.15. The summed E-state index contributed by atoms with van der Waals surface area (Å²) in [5.41, 5.74) is 6.37. The second-order valence-electron chi connectivity index (χ2n) is 5.25. The molecule has 0 aromatic rings. The van der Waals surface area contributed by atoms with Crippen LogP contribution in [0.2, 0.25) is 0 Å². The van der Waals surface area contributed by atoms with Crippen LogP contribution in [-0.2, 0) is 0 Å². The Balaban J connectivity index is 2.17. The summed E-state index contributed by atoms with van der Waals surface area (Å²) in [7, 11) is 0. The van der Waals surface area contributed by atoms with Gasteiger partial charge in [-0.25, -0.2) is 0 Å². The number of hydrogen-bond donors (Lipinski definition) is 2. The molecule has 1 rings (SSSR count). The molecule has 0 heterocycles. The van der Waals surface area contributed by atoms with Crippen molar-refractivity contribution in [2.24, 2.45) is 17.6 Å². The smallest absolute Gasteiger partial charge is 0.0141 e. The fourth-order valence-corrected chi connectivity index (χ4v) is 2.80. The van der Waals surface area contributed by atoms with Gasteiger partial charge in [-0.3, -0.25) is 0 Å². The minimum Gasteiger partial charge on any atom is -0.391 e. The Kier molecular flexibility index (Phi) is 6.55. The predicted molar refractivity (Wildman–Crippen MR) is 71.1 cm³/mol. The molecule has 2 heteroatoms. The Labute approximate surface area is 101 Å². The lowest BCUT2D eigenvalue weighted by Gasteiger charge is -2.31. The summed E-state index contributed by atoms with van der Waals surface area (Å²) < 4.78 is 0. The maximum Gasteiger partial charge on any atom is 0.0141 e. The molecule has 0 aliphatic heterocycles. The quantitative estimate of drug-likeness (QED) is 0.652. The summed E-state index contributed by atoms with van der Waals surface area (Å²) in [4.78, 5) is 0. The lowest BCUT2D eigenvalue weighted by Crippen LogP contribution is -2.37. The normalized spacial score (nSPS) is 21.4. The number of nitrogens with two attached hydrogens (primary N) is 1. The van der Waals surface area contributed by atoms with Gasteiger partial charge in [-0.05, 0) is 43.7 Å². The average molecular weight is 224 g/mol. The van der Waals surface area contributed by atoms with Crippen molar-refractivity contribution in [1.82, 2.24) is 5.32 Å². The molecular formula is C14H28N2. The zero-order chi connectivity index (χ0) is 11.8. The van der Waals surface area contributed by atoms with Gasteiger partial charge in [-0.15, -0.1) is 0 Å². The average Bonchev–Trinajstić information content (AvgIpc) is 2.34. The van der Waals surface area contributed by atoms with Gasteiger partial charge in [-0.1, -0.05) is 32.8 Å². The van der Waals surface area contributed by atoms with Crippen molar-refractivity contribution in [2.75, 3.05) is 6.54 Å². The van der Waals surface area contributed by atoms with E-state index in [1.807, 2.05) is 0 Å². The molecule has 1 aliphatic rings. The molecule has 2 atom stereocenters. The van der Waals surface area contributed by atoms with E-state index in [4.69, 9.17) is 5.73 Å². The van der Waals surface area contributed by atoms with Crippen LogP contribution in [0.3, 0.4) is 0 Å². The molecule has 0 aromatic carbocycles. The van der Waals surface area contributed by atoms with Crippen molar-refractivity contribution < 1.29 is 0 Å². The molecule has 0 aromatic heterocycles. The monoisotopic (exact) mass is 224 g/mol. The van der Waals surface area contributed by atoms with Crippen LogP contribution in [0.5, 0.6) is 0 Å². The van der Waals surface area contributed by atoms with Crippen molar-refractivity contribution in [3.8, 4) is 0 Å². The van der Waals surface area contributed by atoms with Crippen LogP contribution in [-0.4, -0.2) is 12.6 Å². The topological polar surface area (TPSA) is 38.0 Å². The van der Waals surface area contributed by atoms with E-state index in [0.717, 1.165) is 12.5 Å². The fraction of sp³-hybridized carbons (Fsp3) is 0.857. The first-order valence-electron chi connectivity index (χ1n) is 6.85. The molecule has 0 amide bonds. The van der Waals surface area contributed by atoms with E-state index in [-0.39, 0.29) is 0 Å². The number of rotatable bonds is 7. The van der Waals surface area contributed by atoms with Gasteiger partial charge in [0, 0.05) is 12.6 Å². The van der Waals surface area contributed by atoms with Crippen LogP contribution in [0.4, 0.5) is 0 Å². The maximum atomic E-state index is 6.37. The van der Waals surface area contributed by atoms with E-state index in [1.165, 1.54) is 44.9 Å². The molecule has 0 bridgehead atoms. The molecule has 0 saturated heterocycles. The molecule has 1 saturated carbocycles. The van der Waals surface area contributed by atoms with Gasteiger partial charge in [0.15, 0.2) is 0 Å². The first-order chi connectivity index (χ1) is 7.75. The van der Waals surface area contributed by atoms with Crippen molar-refractivity contribution in [2.45, 2.75) is 57.9 Å². The van der Waals surface area contributed by atoms with E-state index >= 15 is 0 Å². The Morgan fingerprint density at radius 3 is 2.69 bits per heavy atom. The third-order valence-corrected chi connectivity index (χ3v) is 3.98. The highest BCUT2D eigenvalue weighted by Crippen LogP contribution is 2.29. The van der Waals surface area contributed by atoms with Crippen LogP contribution in [0, 0.1) is 11.8 Å². The van der Waals surface area contributed by atoms with Crippen molar-refractivity contribution >= 4 is 0 Å². The lowest BCUT2D eigenvalue weighted by atomic mass is 9.78. The van der Waals surface area contributed by atoms with Gasteiger partial charge in [-0.2, -0.15) is 0 Å². The Morgan fingerprint density at radius 2 is 2.06 bits per heavy atom. The summed E-state index contributed by atoms with van der Waals surface area (Å²) in [6.07, 6.45) is 11.1. The molecule has 0 radical (unpaired) electrons. The van der Waals surface area contributed by atoms with Gasteiger partial charge >= 0.3 is 0 Å². The van der Waals surface area contributed by atoms with E-state index in [9.17, 15) is 0 Å². The summed E-state index contributed by atoms with van der Waals surface area (Å²) >= 11 is 0. The lowest BCUT2D eigenvalue weighted by molar-refractivity contribution is 0.244. The van der Waals surface area contributed by atoms with E-state index < -0.39 is 0 Å². The third-order valence-electron chi connectivity index (χ3n) is 3.98. The summed E-state index contributed by atoms with van der Waals surface area (Å²) in [6, 6.07) is 0.420. The first kappa shape index (κ1) is 13.6. The molecule has 3 N–H and O–H groups in total. The van der Waals surface area contributed by atoms with Crippen LogP contribution in [0.1, 0.15) is 51.9 Å². The van der Waals surface area contributed by atoms with Gasteiger partial charge < -0.3 is 11.1 Å². The SMILES string of the molecule is C=CNCCCC(C)C(N)C1CCCCC1. The maximum absolute atomic E-state index is 6.37. The largest absolute Gasteiger partial charge is 0.391 e. The van der Waals surface area contributed by atoms with Crippen LogP contribution < -0.4 is 11.1 Å². The molecule has 1 fully saturated rings. The molecule has 16 heavy (non-hydrogen) atoms. The molecule has 0 spiro atoms. The third kappa shape index (κ3) is 4.56. The zero-order valence-corrected chi connectivity index (χ0v) is 10.8. The zero-order valence-electron chi connectivity index (χ0n) is 10.8. The number of nitrogens with one attached hydrogen (secondary N) is 1. The first-order valence-corrected chi connectivity index (χ1v) is 6.85. The van der Waals surface area contributed by atoms with Crippen molar-refractivity contribution in [3.05, 3.63) is 12.8 Å². The number of hydrogen-bond acceptors (Lipinski definition) is 2. The van der Waals surface area contributed by atoms with E-state index in [1.54, 1.807) is 6.20 Å². The molecule has 1 aliphatic carbocycles. The minimum absolute atomic E-state index is 0.420. The van der Waals surface area contributed by atoms with Crippen molar-refractivity contribution in [1.29, 1.82) is 0 Å². The van der Waals surface area contributed by atoms with Crippen molar-refractivity contribution in [3.63, 3.8) is 0 Å². The van der Waals surface area contributed by atoms with Gasteiger partial charge in [0.1, 0.15) is 0 Å². The summed E-state index contributed by atoms with van der Waals surface area (Å²) in [5.74, 6) is 1.45. The minimum atomic E-state index is 0.420. The molecular weight excluding hydrogens is 196 g/mol. The second kappa shape index (κ2) is 7.72. The van der Waals surface area contributed by atoms with Crippen LogP contribution in [0.15, 0.2) is 12.8 Å². The second-order valence-corrected chi connectivity index (χ2v) is 5.25. The molecule has 94 valence electrons. The summed E-state index contributed by atoms with van der Waals surface area (Å²) in [6.45, 7) is 7.00. The Hall–Kier alpha value is -0.500. The van der Waals surface area contributed by atoms with E-state index in [0.29, 0.717) is 12.0 Å². The van der Waals surface area contributed by atoms with Gasteiger partial charge in [0.05, 0.1) is 0 Å². The Bertz CT molecular complexity index is 185. The highest BCUT2D eigenvalue weighted by molar-refractivity contribution is 4.80. The van der Waals surface area contributed by atoms with Gasteiger partial charge in [0.2, 0.25) is 0 Å². The molecule has 2 nitrogen and oxygen atoms in total.